The monoisotopic (exact) mass is 926 g/mol. The molecule has 0 amide bonds. The lowest BCUT2D eigenvalue weighted by molar-refractivity contribution is 0.0716. The lowest BCUT2D eigenvalue weighted by Gasteiger charge is -2.23. The van der Waals surface area contributed by atoms with Crippen molar-refractivity contribution in [3.05, 3.63) is 143 Å². The van der Waals surface area contributed by atoms with Crippen LogP contribution in [-0.4, -0.2) is 63.5 Å². The quantitative estimate of drug-likeness (QED) is 0.0706. The average molecular weight is 927 g/mol. The van der Waals surface area contributed by atoms with Crippen molar-refractivity contribution in [3.63, 3.8) is 0 Å². The summed E-state index contributed by atoms with van der Waals surface area (Å²) >= 11 is 0. The Hall–Kier alpha value is -8.00. The molecule has 0 atom stereocenters. The van der Waals surface area contributed by atoms with Crippen LogP contribution in [0, 0.1) is 13.8 Å². The normalized spacial score (nSPS) is 11.2. The van der Waals surface area contributed by atoms with E-state index in [1.54, 1.807) is 24.3 Å². The summed E-state index contributed by atoms with van der Waals surface area (Å²) in [6.45, 7) is 15.0. The van der Waals surface area contributed by atoms with Crippen LogP contribution in [0.1, 0.15) is 94.1 Å². The second kappa shape index (κ2) is 20.7. The van der Waals surface area contributed by atoms with Crippen LogP contribution < -0.4 is 47.4 Å². The van der Waals surface area contributed by atoms with E-state index < -0.39 is 35.1 Å². The average Bonchev–Trinajstić information content (AvgIpc) is 3.29. The number of hydrogen-bond donors (Lipinski definition) is 0. The van der Waals surface area contributed by atoms with Crippen LogP contribution in [0.5, 0.6) is 57.5 Å². The molecule has 0 unspecified atom stereocenters. The molecule has 0 aromatic heterocycles. The number of esters is 4. The second-order valence-corrected chi connectivity index (χ2v) is 17.4. The van der Waals surface area contributed by atoms with E-state index in [0.717, 1.165) is 11.1 Å². The van der Waals surface area contributed by atoms with E-state index in [9.17, 15) is 19.2 Å². The highest BCUT2D eigenvalue weighted by atomic mass is 16.6. The molecule has 0 fully saturated rings. The fourth-order valence-electron chi connectivity index (χ4n) is 6.72. The number of benzene rings is 6. The minimum Gasteiger partial charge on any atom is -0.496 e. The van der Waals surface area contributed by atoms with Crippen molar-refractivity contribution >= 4 is 23.9 Å². The van der Waals surface area contributed by atoms with Gasteiger partial charge >= 0.3 is 23.9 Å². The van der Waals surface area contributed by atoms with E-state index in [4.69, 9.17) is 47.4 Å². The zero-order valence-electron chi connectivity index (χ0n) is 40.1. The van der Waals surface area contributed by atoms with Gasteiger partial charge in [0.05, 0.1) is 39.6 Å². The second-order valence-electron chi connectivity index (χ2n) is 17.4. The van der Waals surface area contributed by atoms with Crippen LogP contribution >= 0.6 is 0 Å². The Morgan fingerprint density at radius 1 is 0.353 bits per heavy atom. The standard InChI is InChI=1S/C54H54O14/c1-31-25-35(17-23-41(31)65-49(55)33-13-19-37(20-14-33)63-51(57)39-27-45(61-11)47(29-43(39)59-9)67-53(3,4)5)36-18-24-42(32(2)26-36)66-50(56)34-15-21-38(22-16-34)64-52(58)40-28-46(62-12)48(30-44(40)60-10)68-54(6,7)8/h13-30H,1-12H3. The van der Waals surface area contributed by atoms with Crippen LogP contribution in [-0.2, 0) is 0 Å². The highest BCUT2D eigenvalue weighted by Gasteiger charge is 2.25. The highest BCUT2D eigenvalue weighted by molar-refractivity contribution is 5.97. The number of carbonyl (C=O) groups is 4. The molecule has 0 saturated heterocycles. The first-order valence-corrected chi connectivity index (χ1v) is 21.4. The van der Waals surface area contributed by atoms with E-state index in [1.165, 1.54) is 89.1 Å². The van der Waals surface area contributed by atoms with E-state index in [-0.39, 0.29) is 45.3 Å². The van der Waals surface area contributed by atoms with E-state index in [1.807, 2.05) is 79.7 Å². The van der Waals surface area contributed by atoms with Crippen molar-refractivity contribution in [2.45, 2.75) is 66.6 Å². The zero-order valence-corrected chi connectivity index (χ0v) is 40.1. The summed E-state index contributed by atoms with van der Waals surface area (Å²) in [5.41, 5.74) is 2.78. The van der Waals surface area contributed by atoms with Gasteiger partial charge in [0.15, 0.2) is 23.0 Å². The summed E-state index contributed by atoms with van der Waals surface area (Å²) in [5.74, 6) is 0.479. The first-order chi connectivity index (χ1) is 32.2. The van der Waals surface area contributed by atoms with Gasteiger partial charge in [-0.05, 0) is 150 Å². The van der Waals surface area contributed by atoms with Gasteiger partial charge in [-0.3, -0.25) is 0 Å². The van der Waals surface area contributed by atoms with Gasteiger partial charge in [0, 0.05) is 24.3 Å². The van der Waals surface area contributed by atoms with Crippen LogP contribution in [0.4, 0.5) is 0 Å². The van der Waals surface area contributed by atoms with Gasteiger partial charge in [-0.1, -0.05) is 12.1 Å². The molecule has 354 valence electrons. The van der Waals surface area contributed by atoms with E-state index in [0.29, 0.717) is 45.6 Å². The number of hydrogen-bond acceptors (Lipinski definition) is 14. The van der Waals surface area contributed by atoms with Crippen LogP contribution in [0.25, 0.3) is 11.1 Å². The van der Waals surface area contributed by atoms with Gasteiger partial charge in [0.1, 0.15) is 56.8 Å². The Balaban J connectivity index is 1.05. The Morgan fingerprint density at radius 3 is 0.985 bits per heavy atom. The maximum atomic E-state index is 13.2. The molecule has 6 rings (SSSR count). The van der Waals surface area contributed by atoms with Crippen LogP contribution in [0.2, 0.25) is 0 Å². The molecule has 14 nitrogen and oxygen atoms in total. The maximum Gasteiger partial charge on any atom is 0.347 e. The summed E-state index contributed by atoms with van der Waals surface area (Å²) in [4.78, 5) is 52.8. The molecular weight excluding hydrogens is 873 g/mol. The predicted octanol–water partition coefficient (Wildman–Crippen LogP) is 11.2. The van der Waals surface area contributed by atoms with Crippen molar-refractivity contribution < 1.29 is 66.5 Å². The van der Waals surface area contributed by atoms with Crippen molar-refractivity contribution in [2.75, 3.05) is 28.4 Å². The van der Waals surface area contributed by atoms with Crippen molar-refractivity contribution in [3.8, 4) is 68.6 Å². The molecule has 0 aliphatic rings. The van der Waals surface area contributed by atoms with Crippen molar-refractivity contribution in [1.82, 2.24) is 0 Å². The fourth-order valence-corrected chi connectivity index (χ4v) is 6.72. The largest absolute Gasteiger partial charge is 0.496 e. The third-order valence-corrected chi connectivity index (χ3v) is 9.93. The predicted molar refractivity (Wildman–Crippen MR) is 254 cm³/mol. The van der Waals surface area contributed by atoms with Gasteiger partial charge in [-0.25, -0.2) is 19.2 Å². The van der Waals surface area contributed by atoms with E-state index in [2.05, 4.69) is 0 Å². The zero-order chi connectivity index (χ0) is 49.5. The minimum absolute atomic E-state index is 0.125. The highest BCUT2D eigenvalue weighted by Crippen LogP contribution is 2.39. The number of rotatable bonds is 15. The first-order valence-electron chi connectivity index (χ1n) is 21.4. The van der Waals surface area contributed by atoms with Crippen molar-refractivity contribution in [1.29, 1.82) is 0 Å². The fraction of sp³-hybridized carbons (Fsp3) is 0.259. The third-order valence-electron chi connectivity index (χ3n) is 9.93. The summed E-state index contributed by atoms with van der Waals surface area (Å²) in [6, 6.07) is 28.9. The third kappa shape index (κ3) is 12.3. The smallest absolute Gasteiger partial charge is 0.347 e. The molecule has 6 aromatic rings. The van der Waals surface area contributed by atoms with Crippen LogP contribution in [0.15, 0.2) is 109 Å². The maximum absolute atomic E-state index is 13.2. The molecule has 68 heavy (non-hydrogen) atoms. The Labute approximate surface area is 395 Å². The summed E-state index contributed by atoms with van der Waals surface area (Å²) in [7, 11) is 5.82. The summed E-state index contributed by atoms with van der Waals surface area (Å²) < 4.78 is 56.4. The molecule has 0 spiro atoms. The molecule has 0 N–H and O–H groups in total. The van der Waals surface area contributed by atoms with Gasteiger partial charge in [-0.2, -0.15) is 0 Å². The molecule has 0 heterocycles. The number of ether oxygens (including phenoxy) is 10. The summed E-state index contributed by atoms with van der Waals surface area (Å²) in [5, 5.41) is 0. The molecule has 0 radical (unpaired) electrons. The van der Waals surface area contributed by atoms with Gasteiger partial charge in [0.2, 0.25) is 0 Å². The molecule has 0 saturated carbocycles. The molecule has 6 aromatic carbocycles. The van der Waals surface area contributed by atoms with Crippen LogP contribution in [0.3, 0.4) is 0 Å². The number of carbonyl (C=O) groups excluding carboxylic acids is 4. The lowest BCUT2D eigenvalue weighted by Crippen LogP contribution is -2.23. The van der Waals surface area contributed by atoms with Gasteiger partial charge in [-0.15, -0.1) is 0 Å². The number of aryl methyl sites for hydroxylation is 2. The summed E-state index contributed by atoms with van der Waals surface area (Å²) in [6.07, 6.45) is 0. The molecule has 0 aliphatic heterocycles. The lowest BCUT2D eigenvalue weighted by atomic mass is 10.0. The molecular formula is C54H54O14. The van der Waals surface area contributed by atoms with Crippen molar-refractivity contribution in [2.24, 2.45) is 0 Å². The van der Waals surface area contributed by atoms with Gasteiger partial charge < -0.3 is 47.4 Å². The Morgan fingerprint density at radius 2 is 0.691 bits per heavy atom. The molecule has 0 aliphatic carbocycles. The van der Waals surface area contributed by atoms with E-state index >= 15 is 0 Å². The first kappa shape index (κ1) is 49.4. The molecule has 0 bridgehead atoms. The topological polar surface area (TPSA) is 161 Å². The Kier molecular flexibility index (Phi) is 15.0. The van der Waals surface area contributed by atoms with Gasteiger partial charge in [0.25, 0.3) is 0 Å². The Bertz CT molecular complexity index is 2640. The SMILES string of the molecule is COc1cc(C(=O)Oc2ccc(C(=O)Oc3ccc(-c4ccc(OC(=O)c5ccc(OC(=O)c6cc(OC)c(OC(C)(C)C)cc6OC)cc5)c(C)c4)cc3C)cc2)c(OC)cc1OC(C)(C)C. The number of methoxy groups -OCH3 is 4. The molecule has 14 heteroatoms. The minimum atomic E-state index is -0.695.